The Kier molecular flexibility index (Phi) is 11.2. The Morgan fingerprint density at radius 1 is 0.600 bits per heavy atom. The van der Waals surface area contributed by atoms with E-state index in [1.54, 1.807) is 0 Å². The largest absolute Gasteiger partial charge is 0.129 e. The first-order chi connectivity index (χ1) is 21.7. The van der Waals surface area contributed by atoms with Crippen LogP contribution in [0.15, 0.2) is 77.7 Å². The van der Waals surface area contributed by atoms with Gasteiger partial charge < -0.3 is 0 Å². The molecule has 0 bridgehead atoms. The van der Waals surface area contributed by atoms with Crippen molar-refractivity contribution in [2.45, 2.75) is 96.7 Å². The van der Waals surface area contributed by atoms with Gasteiger partial charge in [0, 0.05) is 21.6 Å². The van der Waals surface area contributed by atoms with E-state index in [1.807, 2.05) is 11.8 Å². The SMILES string of the molecule is CCCCCCCCCCSc1cccc(C#Cc2cc3cc(C#C[Si](C)(C)C)c4cccc(C)c4c3c3c(C)cccc23)c1. The maximum Gasteiger partial charge on any atom is 0.129 e. The highest BCUT2D eigenvalue weighted by Crippen LogP contribution is 2.38. The van der Waals surface area contributed by atoms with Gasteiger partial charge in [0.05, 0.1) is 0 Å². The summed E-state index contributed by atoms with van der Waals surface area (Å²) >= 11 is 1.97. The summed E-state index contributed by atoms with van der Waals surface area (Å²) in [6.07, 6.45) is 10.9. The first-order valence-electron chi connectivity index (χ1n) is 16.9. The zero-order valence-electron chi connectivity index (χ0n) is 28.2. The zero-order chi connectivity index (χ0) is 31.8. The fraction of sp³-hybridized carbons (Fsp3) is 0.349. The third kappa shape index (κ3) is 8.44. The van der Waals surface area contributed by atoms with Gasteiger partial charge >= 0.3 is 0 Å². The van der Waals surface area contributed by atoms with E-state index in [2.05, 4.69) is 137 Å². The van der Waals surface area contributed by atoms with Crippen molar-refractivity contribution in [2.24, 2.45) is 0 Å². The van der Waals surface area contributed by atoms with Crippen molar-refractivity contribution in [1.82, 2.24) is 0 Å². The molecule has 230 valence electrons. The second-order valence-corrected chi connectivity index (χ2v) is 19.5. The van der Waals surface area contributed by atoms with E-state index in [0.29, 0.717) is 0 Å². The molecular weight excluding hydrogens is 577 g/mol. The van der Waals surface area contributed by atoms with Gasteiger partial charge in [-0.2, -0.15) is 0 Å². The molecule has 0 aliphatic heterocycles. The van der Waals surface area contributed by atoms with E-state index in [9.17, 15) is 0 Å². The summed E-state index contributed by atoms with van der Waals surface area (Å²) < 4.78 is 0. The molecule has 0 heterocycles. The van der Waals surface area contributed by atoms with Gasteiger partial charge in [-0.3, -0.25) is 0 Å². The molecule has 45 heavy (non-hydrogen) atoms. The van der Waals surface area contributed by atoms with Crippen LogP contribution in [0, 0.1) is 37.2 Å². The summed E-state index contributed by atoms with van der Waals surface area (Å²) in [7, 11) is -1.53. The maximum atomic E-state index is 3.62. The van der Waals surface area contributed by atoms with Crippen molar-refractivity contribution in [3.05, 3.63) is 101 Å². The highest BCUT2D eigenvalue weighted by molar-refractivity contribution is 7.99. The van der Waals surface area contributed by atoms with Crippen LogP contribution >= 0.6 is 11.8 Å². The Bertz CT molecular complexity index is 1930. The molecule has 0 saturated heterocycles. The highest BCUT2D eigenvalue weighted by Gasteiger charge is 2.15. The zero-order valence-corrected chi connectivity index (χ0v) is 30.0. The van der Waals surface area contributed by atoms with Gasteiger partial charge in [0.1, 0.15) is 8.07 Å². The molecule has 0 unspecified atom stereocenters. The average Bonchev–Trinajstić information content (AvgIpc) is 3.01. The normalized spacial score (nSPS) is 11.4. The third-order valence-electron chi connectivity index (χ3n) is 8.53. The molecule has 0 spiro atoms. The quantitative estimate of drug-likeness (QED) is 0.0490. The molecule has 0 aliphatic carbocycles. The number of hydrogen-bond acceptors (Lipinski definition) is 1. The van der Waals surface area contributed by atoms with Gasteiger partial charge in [-0.05, 0) is 99.8 Å². The highest BCUT2D eigenvalue weighted by atomic mass is 32.2. The summed E-state index contributed by atoms with van der Waals surface area (Å²) in [5.74, 6) is 11.9. The summed E-state index contributed by atoms with van der Waals surface area (Å²) in [5.41, 5.74) is 9.47. The molecule has 0 fully saturated rings. The van der Waals surface area contributed by atoms with E-state index in [4.69, 9.17) is 0 Å². The number of rotatable bonds is 10. The van der Waals surface area contributed by atoms with Crippen LogP contribution in [0.2, 0.25) is 19.6 Å². The van der Waals surface area contributed by atoms with E-state index in [-0.39, 0.29) is 0 Å². The summed E-state index contributed by atoms with van der Waals surface area (Å²) in [4.78, 5) is 1.32. The number of aryl methyl sites for hydroxylation is 2. The van der Waals surface area contributed by atoms with E-state index in [0.717, 1.165) is 16.7 Å². The topological polar surface area (TPSA) is 0 Å². The lowest BCUT2D eigenvalue weighted by Gasteiger charge is -2.15. The molecule has 0 amide bonds. The number of benzene rings is 5. The van der Waals surface area contributed by atoms with Crippen LogP contribution < -0.4 is 0 Å². The van der Waals surface area contributed by atoms with E-state index in [1.165, 1.54) is 105 Å². The molecule has 5 rings (SSSR count). The number of fused-ring (bicyclic) bond motifs is 5. The van der Waals surface area contributed by atoms with Crippen LogP contribution in [0.5, 0.6) is 0 Å². The fourth-order valence-electron chi connectivity index (χ4n) is 6.21. The minimum Gasteiger partial charge on any atom is -0.127 e. The molecule has 5 aromatic rings. The van der Waals surface area contributed by atoms with Crippen molar-refractivity contribution in [1.29, 1.82) is 0 Å². The maximum absolute atomic E-state index is 3.62. The van der Waals surface area contributed by atoms with Crippen LogP contribution in [0.4, 0.5) is 0 Å². The first kappa shape index (κ1) is 32.9. The lowest BCUT2D eigenvalue weighted by Crippen LogP contribution is -2.16. The summed E-state index contributed by atoms with van der Waals surface area (Å²) in [6.45, 7) is 13.7. The summed E-state index contributed by atoms with van der Waals surface area (Å²) in [6, 6.07) is 26.7. The number of unbranched alkanes of at least 4 members (excludes halogenated alkanes) is 7. The van der Waals surface area contributed by atoms with Gasteiger partial charge in [-0.25, -0.2) is 0 Å². The van der Waals surface area contributed by atoms with Gasteiger partial charge in [0.2, 0.25) is 0 Å². The molecule has 5 aromatic carbocycles. The Labute approximate surface area is 277 Å². The van der Waals surface area contributed by atoms with Gasteiger partial charge in [-0.15, -0.1) is 17.3 Å². The van der Waals surface area contributed by atoms with Crippen LogP contribution in [-0.4, -0.2) is 13.8 Å². The van der Waals surface area contributed by atoms with Crippen LogP contribution in [0.25, 0.3) is 32.3 Å². The molecule has 0 radical (unpaired) electrons. The van der Waals surface area contributed by atoms with Crippen LogP contribution in [0.3, 0.4) is 0 Å². The Morgan fingerprint density at radius 2 is 1.18 bits per heavy atom. The molecule has 2 heteroatoms. The molecule has 0 N–H and O–H groups in total. The average molecular weight is 625 g/mol. The molecule has 0 saturated carbocycles. The predicted octanol–water partition coefficient (Wildman–Crippen LogP) is 12.6. The smallest absolute Gasteiger partial charge is 0.127 e. The Balaban J connectivity index is 1.47. The van der Waals surface area contributed by atoms with Gasteiger partial charge in [0.25, 0.3) is 0 Å². The van der Waals surface area contributed by atoms with Crippen molar-refractivity contribution in [2.75, 3.05) is 5.75 Å². The Morgan fingerprint density at radius 3 is 1.80 bits per heavy atom. The van der Waals surface area contributed by atoms with Crippen LogP contribution in [-0.2, 0) is 0 Å². The monoisotopic (exact) mass is 624 g/mol. The van der Waals surface area contributed by atoms with E-state index >= 15 is 0 Å². The van der Waals surface area contributed by atoms with Crippen molar-refractivity contribution in [3.63, 3.8) is 0 Å². The predicted molar refractivity (Wildman–Crippen MR) is 204 cm³/mol. The van der Waals surface area contributed by atoms with Gasteiger partial charge in [0.15, 0.2) is 0 Å². The van der Waals surface area contributed by atoms with Crippen molar-refractivity contribution >= 4 is 52.2 Å². The minimum absolute atomic E-state index is 1.08. The van der Waals surface area contributed by atoms with Crippen molar-refractivity contribution < 1.29 is 0 Å². The second-order valence-electron chi connectivity index (χ2n) is 13.5. The first-order valence-corrected chi connectivity index (χ1v) is 21.4. The molecule has 0 aliphatic rings. The second kappa shape index (κ2) is 15.2. The molecule has 0 atom stereocenters. The lowest BCUT2D eigenvalue weighted by atomic mass is 9.88. The van der Waals surface area contributed by atoms with Crippen LogP contribution in [0.1, 0.15) is 86.1 Å². The fourth-order valence-corrected chi connectivity index (χ4v) is 7.68. The number of thioether (sulfide) groups is 1. The van der Waals surface area contributed by atoms with Gasteiger partial charge in [-0.1, -0.05) is 132 Å². The molecule has 0 aromatic heterocycles. The molecular formula is C43H48SSi. The van der Waals surface area contributed by atoms with E-state index < -0.39 is 8.07 Å². The minimum atomic E-state index is -1.53. The van der Waals surface area contributed by atoms with Crippen molar-refractivity contribution in [3.8, 4) is 23.3 Å². The standard InChI is InChI=1S/C43H48SSi/c1-7-8-9-10-11-12-13-14-27-44-38-21-17-20-34(29-38)24-25-35-30-37-31-36(26-28-45(4,5)6)40-23-16-19-33(3)42(40)43(37)41-32(2)18-15-22-39(35)41/h15-23,29-31H,7-14,27H2,1-6H3. The number of hydrogen-bond donors (Lipinski definition) is 0. The third-order valence-corrected chi connectivity index (χ3v) is 10.5. The summed E-state index contributed by atoms with van der Waals surface area (Å²) in [5, 5.41) is 7.63. The Hall–Kier alpha value is -3.43. The lowest BCUT2D eigenvalue weighted by molar-refractivity contribution is 0.586. The molecule has 0 nitrogen and oxygen atoms in total.